The minimum Gasteiger partial charge on any atom is -0.491 e. The average molecular weight is 243 g/mol. The first-order valence-corrected chi connectivity index (χ1v) is 6.69. The molecule has 2 nitrogen and oxygen atoms in total. The monoisotopic (exact) mass is 243 g/mol. The van der Waals surface area contributed by atoms with Crippen LogP contribution in [0.3, 0.4) is 0 Å². The maximum atomic E-state index is 9.36. The highest BCUT2D eigenvalue weighted by Gasteiger charge is 2.35. The molecule has 96 valence electrons. The molecule has 0 unspecified atom stereocenters. The summed E-state index contributed by atoms with van der Waals surface area (Å²) in [5.41, 5.74) is 3.35. The second-order valence-corrected chi connectivity index (χ2v) is 5.54. The van der Waals surface area contributed by atoms with Crippen LogP contribution in [0.2, 0.25) is 0 Å². The van der Waals surface area contributed by atoms with Crippen LogP contribution < -0.4 is 4.74 Å². The molecule has 0 aromatic heterocycles. The molecule has 0 heterocycles. The van der Waals surface area contributed by atoms with Gasteiger partial charge in [-0.1, -0.05) is 25.0 Å². The molecule has 1 aliphatic rings. The van der Waals surface area contributed by atoms with Crippen LogP contribution in [0, 0.1) is 37.5 Å². The number of hydrogen-bond donors (Lipinski definition) is 0. The van der Waals surface area contributed by atoms with Gasteiger partial charge in [0.05, 0.1) is 11.5 Å². The van der Waals surface area contributed by atoms with Crippen molar-refractivity contribution in [1.82, 2.24) is 0 Å². The summed E-state index contributed by atoms with van der Waals surface area (Å²) in [7, 11) is 0. The van der Waals surface area contributed by atoms with Gasteiger partial charge in [-0.05, 0) is 50.3 Å². The number of nitriles is 1. The lowest BCUT2D eigenvalue weighted by molar-refractivity contribution is 0.199. The van der Waals surface area contributed by atoms with Crippen molar-refractivity contribution in [1.29, 1.82) is 5.26 Å². The van der Waals surface area contributed by atoms with Crippen LogP contribution in [0.25, 0.3) is 0 Å². The second-order valence-electron chi connectivity index (χ2n) is 5.54. The third kappa shape index (κ3) is 2.36. The normalized spacial score (nSPS) is 17.4. The van der Waals surface area contributed by atoms with Gasteiger partial charge in [-0.3, -0.25) is 0 Å². The Hall–Kier alpha value is -1.49. The molecule has 1 fully saturated rings. The van der Waals surface area contributed by atoms with Crippen LogP contribution in [0.15, 0.2) is 12.1 Å². The van der Waals surface area contributed by atoms with Gasteiger partial charge in [-0.2, -0.15) is 5.26 Å². The van der Waals surface area contributed by atoms with Gasteiger partial charge < -0.3 is 4.74 Å². The summed E-state index contributed by atoms with van der Waals surface area (Å²) in [5.74, 6) is 0.969. The van der Waals surface area contributed by atoms with E-state index in [-0.39, 0.29) is 5.41 Å². The molecule has 2 rings (SSSR count). The van der Waals surface area contributed by atoms with E-state index in [1.807, 2.05) is 0 Å². The van der Waals surface area contributed by atoms with Crippen LogP contribution in [-0.2, 0) is 0 Å². The summed E-state index contributed by atoms with van der Waals surface area (Å²) in [6.07, 6.45) is 4.27. The predicted molar refractivity (Wildman–Crippen MR) is 72.7 cm³/mol. The van der Waals surface area contributed by atoms with Gasteiger partial charge in [0.25, 0.3) is 0 Å². The van der Waals surface area contributed by atoms with Gasteiger partial charge in [0.15, 0.2) is 0 Å². The molecule has 18 heavy (non-hydrogen) atoms. The van der Waals surface area contributed by atoms with E-state index in [0.717, 1.165) is 37.0 Å². The summed E-state index contributed by atoms with van der Waals surface area (Å²) in [6, 6.07) is 6.68. The third-order valence-corrected chi connectivity index (χ3v) is 4.16. The van der Waals surface area contributed by atoms with Gasteiger partial charge in [-0.25, -0.2) is 0 Å². The first-order valence-electron chi connectivity index (χ1n) is 6.69. The maximum Gasteiger partial charge on any atom is 0.125 e. The van der Waals surface area contributed by atoms with E-state index in [1.54, 1.807) is 0 Å². The summed E-state index contributed by atoms with van der Waals surface area (Å²) in [5, 5.41) is 9.36. The van der Waals surface area contributed by atoms with E-state index in [4.69, 9.17) is 4.74 Å². The molecule has 1 aliphatic carbocycles. The number of ether oxygens (including phenoxy) is 1. The minimum absolute atomic E-state index is 0.247. The second kappa shape index (κ2) is 5.02. The van der Waals surface area contributed by atoms with Crippen molar-refractivity contribution in [3.05, 3.63) is 28.8 Å². The number of benzene rings is 1. The lowest BCUT2D eigenvalue weighted by Gasteiger charge is -2.22. The number of nitrogens with zero attached hydrogens (tertiary/aromatic N) is 1. The Kier molecular flexibility index (Phi) is 3.61. The molecule has 0 saturated heterocycles. The Bertz CT molecular complexity index is 479. The molecular formula is C16H21NO. The number of hydrogen-bond acceptors (Lipinski definition) is 2. The third-order valence-electron chi connectivity index (χ3n) is 4.16. The SMILES string of the molecule is Cc1ccc(C)c(OCC2(C#N)CCCC2)c1C. The van der Waals surface area contributed by atoms with Crippen molar-refractivity contribution < 1.29 is 4.74 Å². The average Bonchev–Trinajstić information content (AvgIpc) is 2.84. The van der Waals surface area contributed by atoms with E-state index < -0.39 is 0 Å². The van der Waals surface area contributed by atoms with Crippen molar-refractivity contribution in [3.8, 4) is 11.8 Å². The Labute approximate surface area is 110 Å². The van der Waals surface area contributed by atoms with Crippen LogP contribution in [-0.4, -0.2) is 6.61 Å². The van der Waals surface area contributed by atoms with E-state index in [2.05, 4.69) is 39.0 Å². The fourth-order valence-electron chi connectivity index (χ4n) is 2.70. The van der Waals surface area contributed by atoms with Crippen molar-refractivity contribution >= 4 is 0 Å². The highest BCUT2D eigenvalue weighted by Crippen LogP contribution is 2.38. The van der Waals surface area contributed by atoms with Gasteiger partial charge in [-0.15, -0.1) is 0 Å². The topological polar surface area (TPSA) is 33.0 Å². The zero-order valence-electron chi connectivity index (χ0n) is 11.5. The highest BCUT2D eigenvalue weighted by atomic mass is 16.5. The number of rotatable bonds is 3. The zero-order chi connectivity index (χ0) is 13.2. The van der Waals surface area contributed by atoms with Gasteiger partial charge in [0.1, 0.15) is 12.4 Å². The van der Waals surface area contributed by atoms with E-state index in [9.17, 15) is 5.26 Å². The molecule has 1 aromatic carbocycles. The lowest BCUT2D eigenvalue weighted by atomic mass is 9.89. The van der Waals surface area contributed by atoms with Crippen LogP contribution in [0.4, 0.5) is 0 Å². The molecule has 0 aliphatic heterocycles. The van der Waals surface area contributed by atoms with Gasteiger partial charge >= 0.3 is 0 Å². The molecule has 0 amide bonds. The van der Waals surface area contributed by atoms with Gasteiger partial charge in [0.2, 0.25) is 0 Å². The summed E-state index contributed by atoms with van der Waals surface area (Å²) in [4.78, 5) is 0. The van der Waals surface area contributed by atoms with Crippen molar-refractivity contribution in [2.75, 3.05) is 6.61 Å². The van der Waals surface area contributed by atoms with Crippen molar-refractivity contribution in [3.63, 3.8) is 0 Å². The maximum absolute atomic E-state index is 9.36. The lowest BCUT2D eigenvalue weighted by Crippen LogP contribution is -2.23. The van der Waals surface area contributed by atoms with E-state index in [0.29, 0.717) is 6.61 Å². The van der Waals surface area contributed by atoms with Crippen LogP contribution >= 0.6 is 0 Å². The van der Waals surface area contributed by atoms with Crippen molar-refractivity contribution in [2.45, 2.75) is 46.5 Å². The fraction of sp³-hybridized carbons (Fsp3) is 0.562. The number of aryl methyl sites for hydroxylation is 2. The highest BCUT2D eigenvalue weighted by molar-refractivity contribution is 5.44. The molecule has 1 saturated carbocycles. The van der Waals surface area contributed by atoms with Crippen LogP contribution in [0.5, 0.6) is 5.75 Å². The first-order chi connectivity index (χ1) is 8.58. The molecule has 0 N–H and O–H groups in total. The van der Waals surface area contributed by atoms with E-state index in [1.165, 1.54) is 11.1 Å². The van der Waals surface area contributed by atoms with Crippen LogP contribution in [0.1, 0.15) is 42.4 Å². The van der Waals surface area contributed by atoms with E-state index >= 15 is 0 Å². The standard InChI is InChI=1S/C16H21NO/c1-12-6-7-13(2)15(14(12)3)18-11-16(10-17)8-4-5-9-16/h6-7H,4-5,8-9,11H2,1-3H3. The molecular weight excluding hydrogens is 222 g/mol. The molecule has 0 bridgehead atoms. The molecule has 2 heteroatoms. The fourth-order valence-corrected chi connectivity index (χ4v) is 2.70. The predicted octanol–water partition coefficient (Wildman–Crippen LogP) is 4.07. The zero-order valence-corrected chi connectivity index (χ0v) is 11.5. The van der Waals surface area contributed by atoms with Gasteiger partial charge in [0, 0.05) is 0 Å². The van der Waals surface area contributed by atoms with Crippen molar-refractivity contribution in [2.24, 2.45) is 5.41 Å². The quantitative estimate of drug-likeness (QED) is 0.801. The summed E-state index contributed by atoms with van der Waals surface area (Å²) in [6.45, 7) is 6.78. The first kappa shape index (κ1) is 13.0. The Balaban J connectivity index is 2.16. The molecule has 1 aromatic rings. The largest absolute Gasteiger partial charge is 0.491 e. The molecule has 0 atom stereocenters. The Morgan fingerprint density at radius 1 is 1.17 bits per heavy atom. The summed E-state index contributed by atoms with van der Waals surface area (Å²) < 4.78 is 6.00. The molecule has 0 radical (unpaired) electrons. The molecule has 0 spiro atoms. The Morgan fingerprint density at radius 3 is 2.39 bits per heavy atom. The summed E-state index contributed by atoms with van der Waals surface area (Å²) >= 11 is 0. The Morgan fingerprint density at radius 2 is 1.78 bits per heavy atom. The minimum atomic E-state index is -0.247. The smallest absolute Gasteiger partial charge is 0.125 e.